The van der Waals surface area contributed by atoms with Crippen LogP contribution in [-0.4, -0.2) is 30.1 Å². The number of nitrogens with one attached hydrogen (secondary N) is 1. The van der Waals surface area contributed by atoms with E-state index in [4.69, 9.17) is 0 Å². The molecule has 0 saturated heterocycles. The van der Waals surface area contributed by atoms with Gasteiger partial charge in [0.2, 0.25) is 0 Å². The van der Waals surface area contributed by atoms with E-state index < -0.39 is 0 Å². The molecule has 0 aromatic rings. The monoisotopic (exact) mass is 196 g/mol. The Balaban J connectivity index is 2.53. The number of nitrogens with zero attached hydrogens (tertiary/aromatic N) is 1. The summed E-state index contributed by atoms with van der Waals surface area (Å²) in [6.07, 6.45) is 1.01. The van der Waals surface area contributed by atoms with E-state index in [2.05, 4.69) is 19.2 Å². The van der Waals surface area contributed by atoms with E-state index in [1.54, 1.807) is 0 Å². The molecule has 1 aliphatic heterocycles. The van der Waals surface area contributed by atoms with Gasteiger partial charge in [-0.3, -0.25) is 0 Å². The van der Waals surface area contributed by atoms with Crippen molar-refractivity contribution in [3.05, 3.63) is 11.1 Å². The van der Waals surface area contributed by atoms with Crippen LogP contribution < -0.4 is 5.32 Å². The number of urea groups is 1. The smallest absolute Gasteiger partial charge is 0.317 e. The highest BCUT2D eigenvalue weighted by Crippen LogP contribution is 2.16. The van der Waals surface area contributed by atoms with Gasteiger partial charge in [0.15, 0.2) is 0 Å². The van der Waals surface area contributed by atoms with Gasteiger partial charge < -0.3 is 10.2 Å². The molecule has 0 unspecified atom stereocenters. The fourth-order valence-corrected chi connectivity index (χ4v) is 1.53. The molecule has 2 amide bonds. The molecule has 3 nitrogen and oxygen atoms in total. The molecule has 14 heavy (non-hydrogen) atoms. The first-order chi connectivity index (χ1) is 6.50. The molecule has 1 rings (SSSR count). The zero-order valence-corrected chi connectivity index (χ0v) is 9.55. The molecule has 0 saturated carbocycles. The van der Waals surface area contributed by atoms with E-state index in [1.165, 1.54) is 11.1 Å². The van der Waals surface area contributed by atoms with Crippen molar-refractivity contribution in [1.82, 2.24) is 10.2 Å². The van der Waals surface area contributed by atoms with Gasteiger partial charge in [-0.2, -0.15) is 0 Å². The molecule has 0 aromatic heterocycles. The molecule has 1 aliphatic rings. The number of hydrogen-bond acceptors (Lipinski definition) is 1. The van der Waals surface area contributed by atoms with Crippen molar-refractivity contribution in [2.45, 2.75) is 40.2 Å². The highest BCUT2D eigenvalue weighted by atomic mass is 16.2. The molecule has 0 fully saturated rings. The molecule has 0 atom stereocenters. The largest absolute Gasteiger partial charge is 0.336 e. The Morgan fingerprint density at radius 1 is 1.36 bits per heavy atom. The molecule has 80 valence electrons. The minimum atomic E-state index is 0.0619. The second kappa shape index (κ2) is 4.49. The van der Waals surface area contributed by atoms with Crippen LogP contribution in [0.3, 0.4) is 0 Å². The topological polar surface area (TPSA) is 32.3 Å². The van der Waals surface area contributed by atoms with Crippen LogP contribution in [0.5, 0.6) is 0 Å². The third kappa shape index (κ3) is 2.76. The zero-order valence-electron chi connectivity index (χ0n) is 9.55. The quantitative estimate of drug-likeness (QED) is 0.640. The zero-order chi connectivity index (χ0) is 10.7. The van der Waals surface area contributed by atoms with Crippen LogP contribution >= 0.6 is 0 Å². The second-order valence-electron chi connectivity index (χ2n) is 4.34. The molecule has 1 N–H and O–H groups in total. The van der Waals surface area contributed by atoms with Gasteiger partial charge in [-0.25, -0.2) is 4.79 Å². The maximum atomic E-state index is 11.7. The Morgan fingerprint density at radius 2 is 2.00 bits per heavy atom. The standard InChI is InChI=1S/C11H20N2O/c1-8(2)12-11(14)13-6-5-9(3)10(4)7-13/h8H,5-7H2,1-4H3,(H,12,14). The Morgan fingerprint density at radius 3 is 2.50 bits per heavy atom. The minimum absolute atomic E-state index is 0.0619. The number of carbonyl (C=O) groups is 1. The van der Waals surface area contributed by atoms with Gasteiger partial charge in [-0.1, -0.05) is 11.1 Å². The molecule has 0 spiro atoms. The maximum absolute atomic E-state index is 11.7. The molecule has 3 heteroatoms. The lowest BCUT2D eigenvalue weighted by atomic mass is 10.0. The van der Waals surface area contributed by atoms with Crippen molar-refractivity contribution >= 4 is 6.03 Å². The van der Waals surface area contributed by atoms with Gasteiger partial charge in [-0.15, -0.1) is 0 Å². The van der Waals surface area contributed by atoms with Crippen molar-refractivity contribution in [2.24, 2.45) is 0 Å². The van der Waals surface area contributed by atoms with Crippen molar-refractivity contribution in [3.8, 4) is 0 Å². The lowest BCUT2D eigenvalue weighted by Crippen LogP contribution is -2.45. The molecule has 1 heterocycles. The predicted octanol–water partition coefficient (Wildman–Crippen LogP) is 2.15. The molecular weight excluding hydrogens is 176 g/mol. The van der Waals surface area contributed by atoms with Crippen molar-refractivity contribution in [2.75, 3.05) is 13.1 Å². The molecule has 0 bridgehead atoms. The van der Waals surface area contributed by atoms with Crippen LogP contribution in [0.25, 0.3) is 0 Å². The molecule has 0 aromatic carbocycles. The highest BCUT2D eigenvalue weighted by Gasteiger charge is 2.18. The van der Waals surface area contributed by atoms with E-state index in [1.807, 2.05) is 18.7 Å². The van der Waals surface area contributed by atoms with Crippen molar-refractivity contribution in [1.29, 1.82) is 0 Å². The van der Waals surface area contributed by atoms with E-state index in [0.29, 0.717) is 0 Å². The minimum Gasteiger partial charge on any atom is -0.336 e. The maximum Gasteiger partial charge on any atom is 0.317 e. The van der Waals surface area contributed by atoms with E-state index in [0.717, 1.165) is 19.5 Å². The first kappa shape index (κ1) is 11.1. The average Bonchev–Trinajstić information content (AvgIpc) is 2.08. The predicted molar refractivity (Wildman–Crippen MR) is 58.2 cm³/mol. The number of carbonyl (C=O) groups excluding carboxylic acids is 1. The van der Waals surface area contributed by atoms with Crippen LogP contribution in [-0.2, 0) is 0 Å². The molecule has 0 radical (unpaired) electrons. The number of hydrogen-bond donors (Lipinski definition) is 1. The third-order valence-corrected chi connectivity index (χ3v) is 2.61. The summed E-state index contributed by atoms with van der Waals surface area (Å²) in [6.45, 7) is 9.84. The van der Waals surface area contributed by atoms with Gasteiger partial charge in [0.1, 0.15) is 0 Å². The SMILES string of the molecule is CC1=C(C)CN(C(=O)NC(C)C)CC1. The first-order valence-electron chi connectivity index (χ1n) is 5.21. The lowest BCUT2D eigenvalue weighted by molar-refractivity contribution is 0.197. The Labute approximate surface area is 86.2 Å². The van der Waals surface area contributed by atoms with E-state index in [-0.39, 0.29) is 12.1 Å². The molecule has 0 aliphatic carbocycles. The Bertz CT molecular complexity index is 256. The average molecular weight is 196 g/mol. The van der Waals surface area contributed by atoms with Gasteiger partial charge in [0.05, 0.1) is 0 Å². The summed E-state index contributed by atoms with van der Waals surface area (Å²) in [7, 11) is 0. The second-order valence-corrected chi connectivity index (χ2v) is 4.34. The Kier molecular flexibility index (Phi) is 3.55. The van der Waals surface area contributed by atoms with Gasteiger partial charge in [-0.05, 0) is 34.1 Å². The van der Waals surface area contributed by atoms with Crippen LogP contribution in [0.2, 0.25) is 0 Å². The van der Waals surface area contributed by atoms with E-state index >= 15 is 0 Å². The summed E-state index contributed by atoms with van der Waals surface area (Å²) in [6, 6.07) is 0.279. The summed E-state index contributed by atoms with van der Waals surface area (Å²) >= 11 is 0. The van der Waals surface area contributed by atoms with E-state index in [9.17, 15) is 4.79 Å². The van der Waals surface area contributed by atoms with Crippen LogP contribution in [0.1, 0.15) is 34.1 Å². The fourth-order valence-electron chi connectivity index (χ4n) is 1.53. The van der Waals surface area contributed by atoms with Crippen LogP contribution in [0.15, 0.2) is 11.1 Å². The van der Waals surface area contributed by atoms with Crippen molar-refractivity contribution < 1.29 is 4.79 Å². The summed E-state index contributed by atoms with van der Waals surface area (Å²) in [5, 5.41) is 2.91. The third-order valence-electron chi connectivity index (χ3n) is 2.61. The van der Waals surface area contributed by atoms with Gasteiger partial charge in [0.25, 0.3) is 0 Å². The normalized spacial score (nSPS) is 17.6. The fraction of sp³-hybridized carbons (Fsp3) is 0.727. The molecular formula is C11H20N2O. The first-order valence-corrected chi connectivity index (χ1v) is 5.21. The summed E-state index contributed by atoms with van der Waals surface area (Å²) < 4.78 is 0. The van der Waals surface area contributed by atoms with Crippen molar-refractivity contribution in [3.63, 3.8) is 0 Å². The number of amides is 2. The lowest BCUT2D eigenvalue weighted by Gasteiger charge is -2.29. The Hall–Kier alpha value is -0.990. The summed E-state index contributed by atoms with van der Waals surface area (Å²) in [5.41, 5.74) is 2.76. The van der Waals surface area contributed by atoms with Gasteiger partial charge >= 0.3 is 6.03 Å². The van der Waals surface area contributed by atoms with Gasteiger partial charge in [0, 0.05) is 19.1 Å². The van der Waals surface area contributed by atoms with Crippen LogP contribution in [0, 0.1) is 0 Å². The summed E-state index contributed by atoms with van der Waals surface area (Å²) in [5.74, 6) is 0. The summed E-state index contributed by atoms with van der Waals surface area (Å²) in [4.78, 5) is 13.5. The highest BCUT2D eigenvalue weighted by molar-refractivity contribution is 5.75. The number of rotatable bonds is 1. The van der Waals surface area contributed by atoms with Crippen LogP contribution in [0.4, 0.5) is 4.79 Å².